The normalized spacial score (nSPS) is 15.2. The molecule has 0 saturated carbocycles. The van der Waals surface area contributed by atoms with Gasteiger partial charge in [0.15, 0.2) is 0 Å². The molecule has 1 saturated heterocycles. The van der Waals surface area contributed by atoms with Crippen LogP contribution < -0.4 is 15.5 Å². The first-order chi connectivity index (χ1) is 17.1. The van der Waals surface area contributed by atoms with Crippen molar-refractivity contribution < 1.29 is 4.79 Å². The van der Waals surface area contributed by atoms with Crippen LogP contribution in [0.3, 0.4) is 0 Å². The quantitative estimate of drug-likeness (QED) is 0.469. The molecule has 2 heterocycles. The lowest BCUT2D eigenvalue weighted by atomic mass is 10.2. The number of aromatic nitrogens is 2. The molecule has 3 aromatic rings. The zero-order valence-corrected chi connectivity index (χ0v) is 19.9. The van der Waals surface area contributed by atoms with Crippen LogP contribution in [0.2, 0.25) is 0 Å². The first kappa shape index (κ1) is 24.0. The van der Waals surface area contributed by atoms with Gasteiger partial charge in [-0.15, -0.1) is 0 Å². The van der Waals surface area contributed by atoms with E-state index in [1.54, 1.807) is 12.1 Å². The summed E-state index contributed by atoms with van der Waals surface area (Å²) in [7, 11) is 0. The molecule has 178 valence electrons. The van der Waals surface area contributed by atoms with E-state index in [1.165, 1.54) is 0 Å². The molecule has 4 rings (SSSR count). The summed E-state index contributed by atoms with van der Waals surface area (Å²) in [5, 5.41) is 15.6. The Morgan fingerprint density at radius 1 is 1.17 bits per heavy atom. The number of anilines is 3. The number of benzene rings is 2. The maximum absolute atomic E-state index is 12.4. The molecule has 1 aliphatic heterocycles. The zero-order valence-electron chi connectivity index (χ0n) is 19.9. The number of carbonyl (C=O) groups is 1. The van der Waals surface area contributed by atoms with Crippen LogP contribution >= 0.6 is 0 Å². The Balaban J connectivity index is 1.38. The third-order valence-corrected chi connectivity index (χ3v) is 5.81. The molecule has 7 nitrogen and oxygen atoms in total. The van der Waals surface area contributed by atoms with Gasteiger partial charge in [0.1, 0.15) is 5.82 Å². The average Bonchev–Trinajstić information content (AvgIpc) is 3.33. The number of rotatable bonds is 9. The fourth-order valence-corrected chi connectivity index (χ4v) is 4.12. The third-order valence-electron chi connectivity index (χ3n) is 5.81. The van der Waals surface area contributed by atoms with Gasteiger partial charge in [-0.05, 0) is 36.6 Å². The molecule has 2 aromatic carbocycles. The number of aryl methyl sites for hydroxylation is 1. The minimum Gasteiger partial charge on any atom is -0.354 e. The second-order valence-corrected chi connectivity index (χ2v) is 8.63. The largest absolute Gasteiger partial charge is 0.354 e. The van der Waals surface area contributed by atoms with Crippen molar-refractivity contribution in [1.82, 2.24) is 15.3 Å². The van der Waals surface area contributed by atoms with Gasteiger partial charge in [0.05, 0.1) is 11.6 Å². The molecule has 7 heteroatoms. The first-order valence-corrected chi connectivity index (χ1v) is 12.0. The van der Waals surface area contributed by atoms with Gasteiger partial charge in [-0.25, -0.2) is 4.98 Å². The molecule has 1 aliphatic rings. The van der Waals surface area contributed by atoms with Crippen molar-refractivity contribution in [3.05, 3.63) is 83.6 Å². The minimum absolute atomic E-state index is 0.0260. The van der Waals surface area contributed by atoms with Gasteiger partial charge in [-0.1, -0.05) is 61.9 Å². The van der Waals surface area contributed by atoms with Gasteiger partial charge in [0.2, 0.25) is 11.9 Å². The molecule has 1 atom stereocenters. The first-order valence-electron chi connectivity index (χ1n) is 12.0. The summed E-state index contributed by atoms with van der Waals surface area (Å²) in [5.41, 5.74) is 3.41. The standard InChI is InChI=1S/C28H30N6O/c1-2-8-23-18-26(33-28(31-23)32-24-13-6-12-22(17-24)19-29)34-16-15-25(20-34)30-27(35)14-7-11-21-9-4-3-5-10-21/h3-7,9-13,17-18,25H,2,8,14-16,20H2,1H3,(H,30,35)(H,31,32,33)/t25-/m0/s1. The number of nitrogens with one attached hydrogen (secondary N) is 2. The van der Waals surface area contributed by atoms with Crippen LogP contribution in [-0.2, 0) is 11.2 Å². The van der Waals surface area contributed by atoms with Gasteiger partial charge in [0, 0.05) is 43.0 Å². The Labute approximate surface area is 206 Å². The van der Waals surface area contributed by atoms with E-state index < -0.39 is 0 Å². The summed E-state index contributed by atoms with van der Waals surface area (Å²) in [4.78, 5) is 24.0. The van der Waals surface area contributed by atoms with E-state index in [2.05, 4.69) is 33.5 Å². The number of carbonyl (C=O) groups excluding carboxylic acids is 1. The van der Waals surface area contributed by atoms with E-state index in [4.69, 9.17) is 10.2 Å². The molecule has 1 fully saturated rings. The Morgan fingerprint density at radius 3 is 2.83 bits per heavy atom. The number of amides is 1. The Hall–Kier alpha value is -4.18. The highest BCUT2D eigenvalue weighted by molar-refractivity contribution is 5.79. The zero-order chi connectivity index (χ0) is 24.5. The van der Waals surface area contributed by atoms with Gasteiger partial charge in [-0.3, -0.25) is 4.79 Å². The number of nitrogens with zero attached hydrogens (tertiary/aromatic N) is 4. The van der Waals surface area contributed by atoms with E-state index in [0.717, 1.165) is 48.6 Å². The van der Waals surface area contributed by atoms with Crippen molar-refractivity contribution >= 4 is 29.4 Å². The molecule has 1 amide bonds. The van der Waals surface area contributed by atoms with E-state index in [0.29, 0.717) is 24.5 Å². The van der Waals surface area contributed by atoms with Gasteiger partial charge < -0.3 is 15.5 Å². The summed E-state index contributed by atoms with van der Waals surface area (Å²) in [5.74, 6) is 1.39. The van der Waals surface area contributed by atoms with Crippen LogP contribution in [0.1, 0.15) is 43.0 Å². The average molecular weight is 467 g/mol. The lowest BCUT2D eigenvalue weighted by molar-refractivity contribution is -0.120. The monoisotopic (exact) mass is 466 g/mol. The van der Waals surface area contributed by atoms with Crippen LogP contribution in [-0.4, -0.2) is 35.0 Å². The summed E-state index contributed by atoms with van der Waals surface area (Å²) < 4.78 is 0. The highest BCUT2D eigenvalue weighted by Crippen LogP contribution is 2.23. The second-order valence-electron chi connectivity index (χ2n) is 8.63. The Kier molecular flexibility index (Phi) is 8.08. The second kappa shape index (κ2) is 11.8. The minimum atomic E-state index is 0.0260. The van der Waals surface area contributed by atoms with E-state index in [1.807, 2.05) is 60.7 Å². The highest BCUT2D eigenvalue weighted by Gasteiger charge is 2.25. The van der Waals surface area contributed by atoms with Crippen LogP contribution in [0.25, 0.3) is 6.08 Å². The Bertz CT molecular complexity index is 1220. The van der Waals surface area contributed by atoms with Crippen molar-refractivity contribution in [2.24, 2.45) is 0 Å². The van der Waals surface area contributed by atoms with Crippen molar-refractivity contribution in [3.8, 4) is 6.07 Å². The molecule has 1 aromatic heterocycles. The summed E-state index contributed by atoms with van der Waals surface area (Å²) in [6, 6.07) is 21.5. The van der Waals surface area contributed by atoms with E-state index in [-0.39, 0.29) is 11.9 Å². The van der Waals surface area contributed by atoms with Crippen molar-refractivity contribution in [2.75, 3.05) is 23.3 Å². The highest BCUT2D eigenvalue weighted by atomic mass is 16.1. The summed E-state index contributed by atoms with van der Waals surface area (Å²) >= 11 is 0. The molecular weight excluding hydrogens is 436 g/mol. The molecule has 2 N–H and O–H groups in total. The van der Waals surface area contributed by atoms with Crippen LogP contribution in [0.5, 0.6) is 0 Å². The molecule has 35 heavy (non-hydrogen) atoms. The fraction of sp³-hybridized carbons (Fsp3) is 0.286. The number of nitriles is 1. The smallest absolute Gasteiger partial charge is 0.229 e. The Morgan fingerprint density at radius 2 is 2.03 bits per heavy atom. The SMILES string of the molecule is CCCc1cc(N2CC[C@H](NC(=O)CC=Cc3ccccc3)C2)nc(Nc2cccc(C#N)c2)n1. The topological polar surface area (TPSA) is 93.9 Å². The molecular formula is C28H30N6O. The molecule has 0 bridgehead atoms. The van der Waals surface area contributed by atoms with Crippen molar-refractivity contribution in [1.29, 1.82) is 5.26 Å². The maximum atomic E-state index is 12.4. The number of hydrogen-bond donors (Lipinski definition) is 2. The lowest BCUT2D eigenvalue weighted by Gasteiger charge is -2.20. The number of hydrogen-bond acceptors (Lipinski definition) is 6. The van der Waals surface area contributed by atoms with E-state index in [9.17, 15) is 4.79 Å². The predicted molar refractivity (Wildman–Crippen MR) is 139 cm³/mol. The molecule has 0 spiro atoms. The molecule has 0 unspecified atom stereocenters. The molecule has 0 aliphatic carbocycles. The molecule has 0 radical (unpaired) electrons. The van der Waals surface area contributed by atoms with Crippen molar-refractivity contribution in [3.63, 3.8) is 0 Å². The third kappa shape index (κ3) is 6.90. The van der Waals surface area contributed by atoms with Crippen molar-refractivity contribution in [2.45, 2.75) is 38.6 Å². The predicted octanol–water partition coefficient (Wildman–Crippen LogP) is 4.84. The maximum Gasteiger partial charge on any atom is 0.229 e. The summed E-state index contributed by atoms with van der Waals surface area (Å²) in [6.45, 7) is 3.65. The van der Waals surface area contributed by atoms with Crippen LogP contribution in [0.4, 0.5) is 17.5 Å². The van der Waals surface area contributed by atoms with E-state index >= 15 is 0 Å². The van der Waals surface area contributed by atoms with Crippen LogP contribution in [0.15, 0.2) is 66.7 Å². The van der Waals surface area contributed by atoms with Gasteiger partial charge in [-0.2, -0.15) is 10.2 Å². The summed E-state index contributed by atoms with van der Waals surface area (Å²) in [6.07, 6.45) is 6.93. The van der Waals surface area contributed by atoms with Crippen LogP contribution in [0, 0.1) is 11.3 Å². The van der Waals surface area contributed by atoms with Gasteiger partial charge >= 0.3 is 0 Å². The lowest BCUT2D eigenvalue weighted by Crippen LogP contribution is -2.36. The fourth-order valence-electron chi connectivity index (χ4n) is 4.12. The van der Waals surface area contributed by atoms with Gasteiger partial charge in [0.25, 0.3) is 0 Å².